The summed E-state index contributed by atoms with van der Waals surface area (Å²) in [4.78, 5) is 19.6. The molecule has 0 fully saturated rings. The normalized spacial score (nSPS) is 19.6. The fourth-order valence-electron chi connectivity index (χ4n) is 2.52. The van der Waals surface area contributed by atoms with Gasteiger partial charge in [0.15, 0.2) is 5.70 Å². The van der Waals surface area contributed by atoms with Gasteiger partial charge < -0.3 is 9.64 Å². The van der Waals surface area contributed by atoms with Gasteiger partial charge in [0.05, 0.1) is 5.70 Å². The zero-order valence-electron chi connectivity index (χ0n) is 14.6. The van der Waals surface area contributed by atoms with E-state index in [1.165, 1.54) is 0 Å². The van der Waals surface area contributed by atoms with Crippen LogP contribution in [0.2, 0.25) is 0 Å². The summed E-state index contributed by atoms with van der Waals surface area (Å²) >= 11 is 1.72. The van der Waals surface area contributed by atoms with Gasteiger partial charge in [0.2, 0.25) is 5.90 Å². The van der Waals surface area contributed by atoms with Crippen molar-refractivity contribution in [3.63, 3.8) is 0 Å². The van der Waals surface area contributed by atoms with Gasteiger partial charge in [-0.3, -0.25) is 0 Å². The van der Waals surface area contributed by atoms with Crippen LogP contribution in [0, 0.1) is 0 Å². The van der Waals surface area contributed by atoms with Crippen LogP contribution in [-0.4, -0.2) is 41.2 Å². The molecule has 1 aromatic carbocycles. The maximum Gasteiger partial charge on any atom is 0.366 e. The summed E-state index contributed by atoms with van der Waals surface area (Å²) < 4.78 is 7.64. The van der Waals surface area contributed by atoms with Gasteiger partial charge in [0.1, 0.15) is 0 Å². The van der Waals surface area contributed by atoms with Crippen LogP contribution in [0.3, 0.4) is 0 Å². The Hall–Kier alpha value is -2.31. The molecule has 5 nitrogen and oxygen atoms in total. The van der Waals surface area contributed by atoms with Crippen molar-refractivity contribution in [2.75, 3.05) is 20.1 Å². The predicted octanol–water partition coefficient (Wildman–Crippen LogP) is 3.57. The highest BCUT2D eigenvalue weighted by Crippen LogP contribution is 2.26. The molecule has 0 spiro atoms. The smallest absolute Gasteiger partial charge is 0.366 e. The molecular formula is C19H21N3O2S. The molecule has 0 aliphatic carbocycles. The number of ether oxygens (including phenoxy) is 1. The third-order valence-corrected chi connectivity index (χ3v) is 5.19. The Labute approximate surface area is 152 Å². The Morgan fingerprint density at radius 2 is 1.88 bits per heavy atom. The molecule has 0 saturated carbocycles. The number of allylic oxidation sites excluding steroid dienone is 3. The van der Waals surface area contributed by atoms with Crippen molar-refractivity contribution in [1.29, 1.82) is 0 Å². The summed E-state index contributed by atoms with van der Waals surface area (Å²) in [6.07, 6.45) is 7.51. The second kappa shape index (κ2) is 7.72. The quantitative estimate of drug-likeness (QED) is 0.459. The van der Waals surface area contributed by atoms with Gasteiger partial charge in [0, 0.05) is 36.8 Å². The van der Waals surface area contributed by atoms with E-state index in [1.54, 1.807) is 11.9 Å². The second-order valence-corrected chi connectivity index (χ2v) is 6.75. The Balaban J connectivity index is 1.82. The van der Waals surface area contributed by atoms with E-state index in [0.717, 1.165) is 29.2 Å². The number of esters is 1. The Morgan fingerprint density at radius 1 is 1.16 bits per heavy atom. The van der Waals surface area contributed by atoms with Crippen LogP contribution in [0.4, 0.5) is 0 Å². The number of hydrogen-bond acceptors (Lipinski definition) is 6. The predicted molar refractivity (Wildman–Crippen MR) is 101 cm³/mol. The van der Waals surface area contributed by atoms with E-state index in [9.17, 15) is 4.79 Å². The van der Waals surface area contributed by atoms with Gasteiger partial charge in [-0.1, -0.05) is 19.9 Å². The van der Waals surface area contributed by atoms with Crippen LogP contribution in [-0.2, 0) is 9.53 Å². The van der Waals surface area contributed by atoms with E-state index in [0.29, 0.717) is 11.6 Å². The number of carbonyl (C=O) groups is 1. The molecule has 6 heteroatoms. The lowest BCUT2D eigenvalue weighted by molar-refractivity contribution is -0.130. The SMILES string of the molecule is CCN(CC)Sc1ccc(C2=N/C(=C3\C=CC=CN3C)C(=O)O2)cc1. The Kier molecular flexibility index (Phi) is 5.40. The fourth-order valence-corrected chi connectivity index (χ4v) is 3.34. The number of hydrogen-bond donors (Lipinski definition) is 0. The maximum absolute atomic E-state index is 12.2. The zero-order chi connectivity index (χ0) is 17.8. The summed E-state index contributed by atoms with van der Waals surface area (Å²) in [6, 6.07) is 7.92. The lowest BCUT2D eigenvalue weighted by atomic mass is 10.2. The van der Waals surface area contributed by atoms with Crippen LogP contribution < -0.4 is 0 Å². The molecule has 0 saturated heterocycles. The average Bonchev–Trinajstić information content (AvgIpc) is 3.02. The first-order chi connectivity index (χ1) is 12.1. The molecule has 0 radical (unpaired) electrons. The molecule has 2 aliphatic heterocycles. The molecular weight excluding hydrogens is 334 g/mol. The van der Waals surface area contributed by atoms with Crippen LogP contribution in [0.15, 0.2) is 70.0 Å². The molecule has 0 amide bonds. The first-order valence-corrected chi connectivity index (χ1v) is 9.06. The lowest BCUT2D eigenvalue weighted by Crippen LogP contribution is -2.15. The number of rotatable bonds is 5. The molecule has 3 rings (SSSR count). The van der Waals surface area contributed by atoms with Gasteiger partial charge in [-0.05, 0) is 48.4 Å². The van der Waals surface area contributed by atoms with E-state index < -0.39 is 5.97 Å². The van der Waals surface area contributed by atoms with Gasteiger partial charge in [0.25, 0.3) is 0 Å². The summed E-state index contributed by atoms with van der Waals surface area (Å²) in [5.74, 6) is -0.0679. The van der Waals surface area contributed by atoms with E-state index in [2.05, 4.69) is 23.1 Å². The third-order valence-electron chi connectivity index (χ3n) is 3.93. The van der Waals surface area contributed by atoms with E-state index in [4.69, 9.17) is 4.74 Å². The molecule has 0 aromatic heterocycles. The van der Waals surface area contributed by atoms with Crippen molar-refractivity contribution in [3.05, 3.63) is 65.7 Å². The van der Waals surface area contributed by atoms with Crippen molar-refractivity contribution in [3.8, 4) is 0 Å². The summed E-state index contributed by atoms with van der Waals surface area (Å²) in [6.45, 7) is 6.25. The number of nitrogens with zero attached hydrogens (tertiary/aromatic N) is 3. The van der Waals surface area contributed by atoms with E-state index in [1.807, 2.05) is 60.6 Å². The summed E-state index contributed by atoms with van der Waals surface area (Å²) in [7, 11) is 1.88. The molecule has 1 aromatic rings. The van der Waals surface area contributed by atoms with Crippen LogP contribution >= 0.6 is 11.9 Å². The monoisotopic (exact) mass is 355 g/mol. The fraction of sp³-hybridized carbons (Fsp3) is 0.263. The van der Waals surface area contributed by atoms with Gasteiger partial charge >= 0.3 is 5.97 Å². The minimum atomic E-state index is -0.418. The minimum absolute atomic E-state index is 0.333. The Morgan fingerprint density at radius 3 is 2.52 bits per heavy atom. The van der Waals surface area contributed by atoms with Crippen molar-refractivity contribution in [2.24, 2.45) is 4.99 Å². The second-order valence-electron chi connectivity index (χ2n) is 5.58. The lowest BCUT2D eigenvalue weighted by Gasteiger charge is -2.17. The molecule has 0 N–H and O–H groups in total. The number of benzene rings is 1. The number of cyclic esters (lactones) is 1. The largest absolute Gasteiger partial charge is 0.402 e. The van der Waals surface area contributed by atoms with Gasteiger partial charge in [-0.2, -0.15) is 0 Å². The first-order valence-electron chi connectivity index (χ1n) is 8.28. The molecule has 2 aliphatic rings. The summed E-state index contributed by atoms with van der Waals surface area (Å²) in [5.41, 5.74) is 1.86. The highest BCUT2D eigenvalue weighted by atomic mass is 32.2. The highest BCUT2D eigenvalue weighted by Gasteiger charge is 2.28. The van der Waals surface area contributed by atoms with Crippen LogP contribution in [0.1, 0.15) is 19.4 Å². The van der Waals surface area contributed by atoms with Gasteiger partial charge in [-0.15, -0.1) is 0 Å². The molecule has 25 heavy (non-hydrogen) atoms. The number of carbonyl (C=O) groups excluding carboxylic acids is 1. The van der Waals surface area contributed by atoms with Crippen molar-refractivity contribution in [2.45, 2.75) is 18.7 Å². The van der Waals surface area contributed by atoms with Crippen molar-refractivity contribution in [1.82, 2.24) is 9.21 Å². The molecule has 130 valence electrons. The van der Waals surface area contributed by atoms with Gasteiger partial charge in [-0.25, -0.2) is 14.1 Å². The first kappa shape index (κ1) is 17.5. The number of likely N-dealkylation sites (N-methyl/N-ethyl adjacent to an activating group) is 1. The zero-order valence-corrected chi connectivity index (χ0v) is 15.4. The standard InChI is InChI=1S/C19H21N3O2S/c1-4-22(5-2)25-15-11-9-14(10-12-15)18-20-17(19(23)24-18)16-8-6-7-13-21(16)3/h6-13H,4-5H2,1-3H3/b17-16+. The molecule has 2 heterocycles. The third kappa shape index (κ3) is 3.86. The number of aliphatic imine (C=N–C) groups is 1. The molecule has 0 bridgehead atoms. The molecule has 0 atom stereocenters. The summed E-state index contributed by atoms with van der Waals surface area (Å²) in [5, 5.41) is 0. The molecule has 0 unspecified atom stereocenters. The van der Waals surface area contributed by atoms with Crippen molar-refractivity contribution >= 4 is 23.8 Å². The van der Waals surface area contributed by atoms with Crippen molar-refractivity contribution < 1.29 is 9.53 Å². The van der Waals surface area contributed by atoms with E-state index >= 15 is 0 Å². The highest BCUT2D eigenvalue weighted by molar-refractivity contribution is 7.97. The Bertz CT molecular complexity index is 774. The average molecular weight is 355 g/mol. The minimum Gasteiger partial charge on any atom is -0.402 e. The topological polar surface area (TPSA) is 45.1 Å². The van der Waals surface area contributed by atoms with Crippen LogP contribution in [0.25, 0.3) is 0 Å². The van der Waals surface area contributed by atoms with E-state index in [-0.39, 0.29) is 0 Å². The maximum atomic E-state index is 12.2. The van der Waals surface area contributed by atoms with Crippen LogP contribution in [0.5, 0.6) is 0 Å².